The summed E-state index contributed by atoms with van der Waals surface area (Å²) >= 11 is 0. The number of pyridine rings is 1. The Morgan fingerprint density at radius 3 is 2.62 bits per heavy atom. The van der Waals surface area contributed by atoms with Gasteiger partial charge in [0.15, 0.2) is 0 Å². The molecule has 0 bridgehead atoms. The fourth-order valence-electron chi connectivity index (χ4n) is 4.50. The van der Waals surface area contributed by atoms with Crippen molar-refractivity contribution in [3.8, 4) is 0 Å². The Balaban J connectivity index is 1.45. The van der Waals surface area contributed by atoms with Crippen LogP contribution in [0.4, 0.5) is 10.6 Å². The van der Waals surface area contributed by atoms with Crippen LogP contribution in [0.2, 0.25) is 0 Å². The smallest absolute Gasteiger partial charge is 0.410 e. The van der Waals surface area contributed by atoms with Crippen molar-refractivity contribution in [3.63, 3.8) is 0 Å². The van der Waals surface area contributed by atoms with Crippen LogP contribution in [0.15, 0.2) is 18.2 Å². The van der Waals surface area contributed by atoms with Crippen LogP contribution < -0.4 is 10.2 Å². The predicted octanol–water partition coefficient (Wildman–Crippen LogP) is 4.13. The summed E-state index contributed by atoms with van der Waals surface area (Å²) in [5, 5.41) is 3.81. The van der Waals surface area contributed by atoms with E-state index in [0.29, 0.717) is 12.1 Å². The molecule has 0 aromatic carbocycles. The van der Waals surface area contributed by atoms with Crippen molar-refractivity contribution in [3.05, 3.63) is 23.9 Å². The molecular formula is C23H38N4O2. The van der Waals surface area contributed by atoms with E-state index < -0.39 is 5.60 Å². The molecule has 0 unspecified atom stereocenters. The number of aromatic nitrogens is 1. The topological polar surface area (TPSA) is 57.7 Å². The molecule has 1 aromatic heterocycles. The predicted molar refractivity (Wildman–Crippen MR) is 117 cm³/mol. The van der Waals surface area contributed by atoms with E-state index in [-0.39, 0.29) is 12.1 Å². The number of nitrogens with zero attached hydrogens (tertiary/aromatic N) is 3. The number of carbonyl (C=O) groups is 1. The Morgan fingerprint density at radius 1 is 1.24 bits per heavy atom. The lowest BCUT2D eigenvalue weighted by atomic mass is 10.0. The van der Waals surface area contributed by atoms with Crippen molar-refractivity contribution in [2.75, 3.05) is 24.5 Å². The summed E-state index contributed by atoms with van der Waals surface area (Å²) in [5.41, 5.74) is 0.635. The SMILES string of the molecule is Cc1cccc(N2CCC(N[C@@H](C)C[C@H]3CCCN3C(=O)OC(C)(C)C)CC2)n1. The van der Waals surface area contributed by atoms with Crippen molar-refractivity contribution < 1.29 is 9.53 Å². The molecule has 0 saturated carbocycles. The summed E-state index contributed by atoms with van der Waals surface area (Å²) in [6.45, 7) is 13.0. The molecule has 3 heterocycles. The van der Waals surface area contributed by atoms with Crippen LogP contribution in [-0.2, 0) is 4.74 Å². The standard InChI is InChI=1S/C23H38N4O2/c1-17-8-6-10-21(25-17)26-14-11-19(12-15-26)24-18(2)16-20-9-7-13-27(20)22(28)29-23(3,4)5/h6,8,10,18-20,24H,7,9,11-16H2,1-5H3/t18-,20+/m0/s1. The molecule has 29 heavy (non-hydrogen) atoms. The fraction of sp³-hybridized carbons (Fsp3) is 0.739. The van der Waals surface area contributed by atoms with Crippen molar-refractivity contribution in [2.45, 2.75) is 90.4 Å². The summed E-state index contributed by atoms with van der Waals surface area (Å²) in [6.07, 6.45) is 5.21. The van der Waals surface area contributed by atoms with E-state index in [9.17, 15) is 4.79 Å². The highest BCUT2D eigenvalue weighted by atomic mass is 16.6. The highest BCUT2D eigenvalue weighted by Crippen LogP contribution is 2.25. The van der Waals surface area contributed by atoms with Crippen LogP contribution in [-0.4, -0.2) is 59.3 Å². The molecular weight excluding hydrogens is 364 g/mol. The highest BCUT2D eigenvalue weighted by Gasteiger charge is 2.33. The number of hydrogen-bond acceptors (Lipinski definition) is 5. The van der Waals surface area contributed by atoms with Gasteiger partial charge in [0.25, 0.3) is 0 Å². The minimum atomic E-state index is -0.436. The van der Waals surface area contributed by atoms with E-state index in [1.807, 2.05) is 38.7 Å². The van der Waals surface area contributed by atoms with E-state index >= 15 is 0 Å². The third-order valence-corrected chi connectivity index (χ3v) is 5.84. The number of hydrogen-bond donors (Lipinski definition) is 1. The number of nitrogens with one attached hydrogen (secondary N) is 1. The lowest BCUT2D eigenvalue weighted by Gasteiger charge is -2.36. The average molecular weight is 403 g/mol. The molecule has 6 nitrogen and oxygen atoms in total. The van der Waals surface area contributed by atoms with Crippen molar-refractivity contribution in [2.24, 2.45) is 0 Å². The monoisotopic (exact) mass is 402 g/mol. The Morgan fingerprint density at radius 2 is 1.97 bits per heavy atom. The second-order valence-corrected chi connectivity index (χ2v) is 9.67. The minimum Gasteiger partial charge on any atom is -0.444 e. The first-order valence-electron chi connectivity index (χ1n) is 11.2. The molecule has 2 saturated heterocycles. The van der Waals surface area contributed by atoms with Gasteiger partial charge in [0, 0.05) is 43.5 Å². The van der Waals surface area contributed by atoms with Gasteiger partial charge in [0.2, 0.25) is 0 Å². The Kier molecular flexibility index (Phi) is 7.04. The van der Waals surface area contributed by atoms with Gasteiger partial charge in [-0.2, -0.15) is 0 Å². The van der Waals surface area contributed by atoms with E-state index in [1.165, 1.54) is 0 Å². The highest BCUT2D eigenvalue weighted by molar-refractivity contribution is 5.68. The molecule has 2 atom stereocenters. The average Bonchev–Trinajstić information content (AvgIpc) is 3.09. The number of aryl methyl sites for hydroxylation is 1. The van der Waals surface area contributed by atoms with Crippen molar-refractivity contribution in [1.29, 1.82) is 0 Å². The Labute approximate surface area is 176 Å². The van der Waals surface area contributed by atoms with E-state index in [1.54, 1.807) is 0 Å². The number of ether oxygens (including phenoxy) is 1. The van der Waals surface area contributed by atoms with Gasteiger partial charge in [-0.15, -0.1) is 0 Å². The zero-order chi connectivity index (χ0) is 21.0. The van der Waals surface area contributed by atoms with Crippen LogP contribution in [0, 0.1) is 6.92 Å². The molecule has 3 rings (SSSR count). The molecule has 1 amide bonds. The van der Waals surface area contributed by atoms with Gasteiger partial charge in [0.05, 0.1) is 0 Å². The van der Waals surface area contributed by atoms with Gasteiger partial charge in [0.1, 0.15) is 11.4 Å². The molecule has 0 radical (unpaired) electrons. The maximum atomic E-state index is 12.5. The number of likely N-dealkylation sites (tertiary alicyclic amines) is 1. The van der Waals surface area contributed by atoms with Crippen LogP contribution in [0.5, 0.6) is 0 Å². The molecule has 2 fully saturated rings. The van der Waals surface area contributed by atoms with E-state index in [2.05, 4.69) is 34.3 Å². The summed E-state index contributed by atoms with van der Waals surface area (Å²) < 4.78 is 5.60. The van der Waals surface area contributed by atoms with Crippen molar-refractivity contribution >= 4 is 11.9 Å². The van der Waals surface area contributed by atoms with Gasteiger partial charge < -0.3 is 19.9 Å². The van der Waals surface area contributed by atoms with Gasteiger partial charge in [-0.05, 0) is 78.9 Å². The lowest BCUT2D eigenvalue weighted by molar-refractivity contribution is 0.0213. The fourth-order valence-corrected chi connectivity index (χ4v) is 4.50. The Bertz CT molecular complexity index is 680. The summed E-state index contributed by atoms with van der Waals surface area (Å²) in [6, 6.07) is 7.43. The van der Waals surface area contributed by atoms with Crippen LogP contribution in [0.25, 0.3) is 0 Å². The number of anilines is 1. The number of carbonyl (C=O) groups excluding carboxylic acids is 1. The zero-order valence-corrected chi connectivity index (χ0v) is 18.8. The van der Waals surface area contributed by atoms with Gasteiger partial charge in [-0.3, -0.25) is 0 Å². The third-order valence-electron chi connectivity index (χ3n) is 5.84. The van der Waals surface area contributed by atoms with Gasteiger partial charge >= 0.3 is 6.09 Å². The van der Waals surface area contributed by atoms with E-state index in [0.717, 1.165) is 63.3 Å². The van der Waals surface area contributed by atoms with Crippen molar-refractivity contribution in [1.82, 2.24) is 15.2 Å². The minimum absolute atomic E-state index is 0.161. The maximum Gasteiger partial charge on any atom is 0.410 e. The largest absolute Gasteiger partial charge is 0.444 e. The molecule has 162 valence electrons. The number of piperidine rings is 1. The normalized spacial score (nSPS) is 22.0. The molecule has 1 N–H and O–H groups in total. The quantitative estimate of drug-likeness (QED) is 0.803. The Hall–Kier alpha value is -1.82. The first-order valence-corrected chi connectivity index (χ1v) is 11.2. The first-order chi connectivity index (χ1) is 13.7. The molecule has 0 spiro atoms. The molecule has 2 aliphatic heterocycles. The lowest BCUT2D eigenvalue weighted by Crippen LogP contribution is -2.48. The molecule has 6 heteroatoms. The third kappa shape index (κ3) is 6.33. The van der Waals surface area contributed by atoms with Crippen LogP contribution in [0.3, 0.4) is 0 Å². The van der Waals surface area contributed by atoms with Crippen LogP contribution >= 0.6 is 0 Å². The van der Waals surface area contributed by atoms with E-state index in [4.69, 9.17) is 4.74 Å². The summed E-state index contributed by atoms with van der Waals surface area (Å²) in [4.78, 5) is 21.5. The first kappa shape index (κ1) is 21.9. The van der Waals surface area contributed by atoms with Gasteiger partial charge in [-0.1, -0.05) is 6.07 Å². The summed E-state index contributed by atoms with van der Waals surface area (Å²) in [7, 11) is 0. The maximum absolute atomic E-state index is 12.5. The second kappa shape index (κ2) is 9.33. The number of amides is 1. The summed E-state index contributed by atoms with van der Waals surface area (Å²) in [5.74, 6) is 1.09. The van der Waals surface area contributed by atoms with Crippen LogP contribution in [0.1, 0.15) is 65.5 Å². The number of rotatable bonds is 5. The molecule has 1 aromatic rings. The second-order valence-electron chi connectivity index (χ2n) is 9.67. The van der Waals surface area contributed by atoms with Gasteiger partial charge in [-0.25, -0.2) is 9.78 Å². The molecule has 0 aliphatic carbocycles. The zero-order valence-electron chi connectivity index (χ0n) is 18.8. The molecule has 2 aliphatic rings.